The van der Waals surface area contributed by atoms with E-state index in [4.69, 9.17) is 9.73 Å². The van der Waals surface area contributed by atoms with Gasteiger partial charge in [0.25, 0.3) is 0 Å². The molecule has 0 aromatic carbocycles. The largest absolute Gasteiger partial charge is 0.476 e. The standard InChI is InChI=1S/C26H39N3O2/c1-4-5-12-29-13-7-21(8-14-29)27-11-6-22-16-25(28-18-31-22)24-17-26(9-10-26)19(2)15-23(24)20(3)30/h4-5,12,16,19,21,23-24,27H,1,6-11,13-15,17-18H2,2-3H3/b12-5-/t19-,23?,24+/m0/s1. The summed E-state index contributed by atoms with van der Waals surface area (Å²) in [6.07, 6.45) is 16.1. The lowest BCUT2D eigenvalue weighted by molar-refractivity contribution is -0.123. The SMILES string of the molecule is C=C/C=C\N1CCC(NCCC2=CC([C@@H]3CC4(CC4)[C@@H](C)CC3C(C)=O)=NCO2)CC1. The van der Waals surface area contributed by atoms with Gasteiger partial charge in [-0.25, -0.2) is 4.99 Å². The fourth-order valence-corrected chi connectivity index (χ4v) is 5.84. The Kier molecular flexibility index (Phi) is 7.00. The number of carbonyl (C=O) groups excluding carboxylic acids is 1. The van der Waals surface area contributed by atoms with Crippen LogP contribution in [0.1, 0.15) is 58.8 Å². The van der Waals surface area contributed by atoms with Crippen LogP contribution in [0.2, 0.25) is 0 Å². The Morgan fingerprint density at radius 3 is 2.84 bits per heavy atom. The third kappa shape index (κ3) is 5.31. The summed E-state index contributed by atoms with van der Waals surface area (Å²) in [6.45, 7) is 11.4. The Morgan fingerprint density at radius 1 is 1.39 bits per heavy atom. The van der Waals surface area contributed by atoms with Crippen LogP contribution in [0.5, 0.6) is 0 Å². The molecular weight excluding hydrogens is 386 g/mol. The zero-order chi connectivity index (χ0) is 21.8. The number of rotatable bonds is 8. The normalized spacial score (nSPS) is 30.6. The third-order valence-corrected chi connectivity index (χ3v) is 8.13. The number of carbonyl (C=O) groups is 1. The summed E-state index contributed by atoms with van der Waals surface area (Å²) in [5.41, 5.74) is 1.59. The quantitative estimate of drug-likeness (QED) is 0.583. The Balaban J connectivity index is 1.29. The molecule has 2 aliphatic heterocycles. The highest BCUT2D eigenvalue weighted by atomic mass is 16.5. The number of nitrogens with zero attached hydrogens (tertiary/aromatic N) is 2. The molecule has 1 spiro atoms. The predicted octanol–water partition coefficient (Wildman–Crippen LogP) is 4.47. The zero-order valence-corrected chi connectivity index (χ0v) is 19.3. The maximum Gasteiger partial charge on any atom is 0.178 e. The van der Waals surface area contributed by atoms with Crippen LogP contribution in [-0.2, 0) is 9.53 Å². The van der Waals surface area contributed by atoms with E-state index in [0.29, 0.717) is 29.9 Å². The smallest absolute Gasteiger partial charge is 0.178 e. The molecule has 5 nitrogen and oxygen atoms in total. The lowest BCUT2D eigenvalue weighted by Gasteiger charge is -2.40. The zero-order valence-electron chi connectivity index (χ0n) is 19.3. The first kappa shape index (κ1) is 22.3. The van der Waals surface area contributed by atoms with Crippen molar-refractivity contribution in [3.8, 4) is 0 Å². The molecular formula is C26H39N3O2. The maximum absolute atomic E-state index is 12.4. The molecule has 1 unspecified atom stereocenters. The lowest BCUT2D eigenvalue weighted by atomic mass is 9.64. The van der Waals surface area contributed by atoms with Gasteiger partial charge in [0.15, 0.2) is 6.73 Å². The van der Waals surface area contributed by atoms with E-state index < -0.39 is 0 Å². The molecule has 2 heterocycles. The average Bonchev–Trinajstić information content (AvgIpc) is 3.55. The maximum atomic E-state index is 12.4. The number of aliphatic imine (C=N–C) groups is 1. The van der Waals surface area contributed by atoms with Crippen molar-refractivity contribution in [2.45, 2.75) is 64.8 Å². The third-order valence-electron chi connectivity index (χ3n) is 8.13. The summed E-state index contributed by atoms with van der Waals surface area (Å²) in [5, 5.41) is 3.71. The van der Waals surface area contributed by atoms with Crippen LogP contribution in [0.15, 0.2) is 41.8 Å². The molecule has 2 saturated carbocycles. The monoisotopic (exact) mass is 425 g/mol. The number of hydrogen-bond acceptors (Lipinski definition) is 5. The van der Waals surface area contributed by atoms with Crippen molar-refractivity contribution < 1.29 is 9.53 Å². The van der Waals surface area contributed by atoms with Gasteiger partial charge in [-0.15, -0.1) is 0 Å². The number of likely N-dealkylation sites (tertiary alicyclic amines) is 1. The van der Waals surface area contributed by atoms with Gasteiger partial charge >= 0.3 is 0 Å². The van der Waals surface area contributed by atoms with Gasteiger partial charge in [0.05, 0.1) is 0 Å². The van der Waals surface area contributed by atoms with E-state index in [1.54, 1.807) is 6.92 Å². The molecule has 170 valence electrons. The van der Waals surface area contributed by atoms with Gasteiger partial charge < -0.3 is 15.0 Å². The Labute approximate surface area is 187 Å². The highest BCUT2D eigenvalue weighted by molar-refractivity contribution is 6.00. The number of ether oxygens (including phenoxy) is 1. The van der Waals surface area contributed by atoms with E-state index >= 15 is 0 Å². The van der Waals surface area contributed by atoms with Gasteiger partial charge in [0, 0.05) is 49.6 Å². The number of hydrogen-bond donors (Lipinski definition) is 1. The van der Waals surface area contributed by atoms with Crippen LogP contribution in [-0.4, -0.2) is 48.8 Å². The predicted molar refractivity (Wildman–Crippen MR) is 126 cm³/mol. The molecule has 5 heteroatoms. The van der Waals surface area contributed by atoms with Crippen molar-refractivity contribution in [3.63, 3.8) is 0 Å². The Bertz CT molecular complexity index is 757. The molecule has 0 bridgehead atoms. The summed E-state index contributed by atoms with van der Waals surface area (Å²) in [7, 11) is 0. The fourth-order valence-electron chi connectivity index (χ4n) is 5.84. The molecule has 0 radical (unpaired) electrons. The fraction of sp³-hybridized carbons (Fsp3) is 0.692. The number of Topliss-reactive ketones (excluding diaryl/α,β-unsaturated/α-hetero) is 1. The van der Waals surface area contributed by atoms with Crippen LogP contribution in [0.4, 0.5) is 0 Å². The van der Waals surface area contributed by atoms with Crippen molar-refractivity contribution in [1.29, 1.82) is 0 Å². The number of ketones is 1. The second-order valence-corrected chi connectivity index (χ2v) is 10.1. The molecule has 3 fully saturated rings. The minimum atomic E-state index is 0.119. The number of nitrogens with one attached hydrogen (secondary N) is 1. The second-order valence-electron chi connectivity index (χ2n) is 10.1. The average molecular weight is 426 g/mol. The molecule has 1 saturated heterocycles. The van der Waals surface area contributed by atoms with Crippen LogP contribution in [0.3, 0.4) is 0 Å². The van der Waals surface area contributed by atoms with Crippen molar-refractivity contribution >= 4 is 11.5 Å². The van der Waals surface area contributed by atoms with Gasteiger partial charge in [-0.2, -0.15) is 0 Å². The van der Waals surface area contributed by atoms with Crippen molar-refractivity contribution in [1.82, 2.24) is 10.2 Å². The Hall–Kier alpha value is -1.88. The van der Waals surface area contributed by atoms with E-state index in [-0.39, 0.29) is 11.8 Å². The summed E-state index contributed by atoms with van der Waals surface area (Å²) in [6, 6.07) is 0.572. The molecule has 2 aliphatic carbocycles. The first-order chi connectivity index (χ1) is 15.0. The van der Waals surface area contributed by atoms with Crippen molar-refractivity contribution in [2.75, 3.05) is 26.4 Å². The summed E-state index contributed by atoms with van der Waals surface area (Å²) < 4.78 is 5.86. The molecule has 4 aliphatic rings. The highest BCUT2D eigenvalue weighted by Gasteiger charge is 2.54. The highest BCUT2D eigenvalue weighted by Crippen LogP contribution is 2.62. The van der Waals surface area contributed by atoms with Crippen molar-refractivity contribution in [3.05, 3.63) is 36.8 Å². The minimum Gasteiger partial charge on any atom is -0.476 e. The van der Waals surface area contributed by atoms with Crippen LogP contribution >= 0.6 is 0 Å². The molecule has 4 rings (SSSR count). The van der Waals surface area contributed by atoms with Gasteiger partial charge in [-0.1, -0.05) is 19.6 Å². The van der Waals surface area contributed by atoms with Gasteiger partial charge in [0.1, 0.15) is 11.5 Å². The lowest BCUT2D eigenvalue weighted by Crippen LogP contribution is -2.41. The Morgan fingerprint density at radius 2 is 2.16 bits per heavy atom. The summed E-state index contributed by atoms with van der Waals surface area (Å²) in [5.74, 6) is 2.40. The molecule has 1 N–H and O–H groups in total. The minimum absolute atomic E-state index is 0.119. The number of piperidine rings is 1. The van der Waals surface area contributed by atoms with Gasteiger partial charge in [0.2, 0.25) is 0 Å². The van der Waals surface area contributed by atoms with Gasteiger partial charge in [-0.3, -0.25) is 4.79 Å². The molecule has 3 atom stereocenters. The van der Waals surface area contributed by atoms with E-state index in [9.17, 15) is 4.79 Å². The number of allylic oxidation sites excluding steroid dienone is 3. The van der Waals surface area contributed by atoms with E-state index in [2.05, 4.69) is 36.0 Å². The van der Waals surface area contributed by atoms with Crippen LogP contribution < -0.4 is 5.32 Å². The van der Waals surface area contributed by atoms with Crippen LogP contribution in [0, 0.1) is 23.2 Å². The molecule has 0 aromatic rings. The molecule has 0 aromatic heterocycles. The first-order valence-electron chi connectivity index (χ1n) is 12.2. The molecule has 0 amide bonds. The second kappa shape index (κ2) is 9.72. The van der Waals surface area contributed by atoms with Gasteiger partial charge in [-0.05, 0) is 75.1 Å². The summed E-state index contributed by atoms with van der Waals surface area (Å²) in [4.78, 5) is 19.5. The summed E-state index contributed by atoms with van der Waals surface area (Å²) >= 11 is 0. The van der Waals surface area contributed by atoms with E-state index in [1.165, 1.54) is 12.8 Å². The topological polar surface area (TPSA) is 53.9 Å². The molecule has 31 heavy (non-hydrogen) atoms. The van der Waals surface area contributed by atoms with Crippen LogP contribution in [0.25, 0.3) is 0 Å². The first-order valence-corrected chi connectivity index (χ1v) is 12.2. The van der Waals surface area contributed by atoms with E-state index in [0.717, 1.165) is 63.2 Å². The van der Waals surface area contributed by atoms with Crippen molar-refractivity contribution in [2.24, 2.45) is 28.2 Å². The van der Waals surface area contributed by atoms with E-state index in [1.807, 2.05) is 12.2 Å².